The lowest BCUT2D eigenvalue weighted by atomic mass is 10.1. The summed E-state index contributed by atoms with van der Waals surface area (Å²) in [5.41, 5.74) is 1.69. The summed E-state index contributed by atoms with van der Waals surface area (Å²) in [5, 5.41) is 5.34. The van der Waals surface area contributed by atoms with Crippen LogP contribution in [-0.2, 0) is 4.79 Å². The molecule has 2 heterocycles. The molecule has 1 atom stereocenters. The molecular weight excluding hydrogens is 362 g/mol. The molecule has 0 aliphatic carbocycles. The molecule has 0 bridgehead atoms. The van der Waals surface area contributed by atoms with E-state index in [2.05, 4.69) is 34.3 Å². The molecule has 2 N–H and O–H groups in total. The van der Waals surface area contributed by atoms with E-state index < -0.39 is 30.8 Å². The van der Waals surface area contributed by atoms with Gasteiger partial charge < -0.3 is 10.2 Å². The fourth-order valence-electron chi connectivity index (χ4n) is 3.41. The van der Waals surface area contributed by atoms with Crippen molar-refractivity contribution in [3.05, 3.63) is 24.3 Å². The molecule has 5 nitrogen and oxygen atoms in total. The second-order valence-corrected chi connectivity index (χ2v) is 7.15. The van der Waals surface area contributed by atoms with Gasteiger partial charge in [-0.05, 0) is 32.0 Å². The van der Waals surface area contributed by atoms with E-state index in [1.807, 2.05) is 18.2 Å². The van der Waals surface area contributed by atoms with Crippen LogP contribution in [0.4, 0.5) is 20.2 Å². The van der Waals surface area contributed by atoms with Gasteiger partial charge in [0.2, 0.25) is 5.91 Å². The fraction of sp³-hybridized carbons (Fsp3) is 0.611. The molecule has 26 heavy (non-hydrogen) atoms. The van der Waals surface area contributed by atoms with Gasteiger partial charge in [0.05, 0.1) is 12.6 Å². The minimum Gasteiger partial charge on any atom is -0.369 e. The number of benzene rings is 1. The molecule has 146 valence electrons. The van der Waals surface area contributed by atoms with Crippen molar-refractivity contribution >= 4 is 29.7 Å². The molecule has 2 saturated heterocycles. The van der Waals surface area contributed by atoms with Gasteiger partial charge in [-0.1, -0.05) is 6.07 Å². The molecule has 2 aliphatic heterocycles. The Morgan fingerprint density at radius 2 is 1.96 bits per heavy atom. The minimum absolute atomic E-state index is 0. The normalized spacial score (nSPS) is 23.0. The Hall–Kier alpha value is -1.44. The van der Waals surface area contributed by atoms with E-state index in [9.17, 15) is 13.6 Å². The van der Waals surface area contributed by atoms with Gasteiger partial charge in [-0.3, -0.25) is 15.0 Å². The van der Waals surface area contributed by atoms with E-state index >= 15 is 0 Å². The molecule has 2 aliphatic rings. The maximum absolute atomic E-state index is 13.2. The summed E-state index contributed by atoms with van der Waals surface area (Å²) in [6, 6.07) is 7.31. The van der Waals surface area contributed by atoms with Crippen LogP contribution in [0.1, 0.15) is 20.3 Å². The highest BCUT2D eigenvalue weighted by atomic mass is 35.5. The SMILES string of the molecule is CC(C)N1CCN(c2cccc(NC(=O)C3CC(F)(F)CN3)c2)CC1.Cl. The van der Waals surface area contributed by atoms with Crippen LogP contribution in [0.3, 0.4) is 0 Å². The Morgan fingerprint density at radius 1 is 1.27 bits per heavy atom. The van der Waals surface area contributed by atoms with Crippen LogP contribution >= 0.6 is 12.4 Å². The lowest BCUT2D eigenvalue weighted by Gasteiger charge is -2.38. The molecule has 1 unspecified atom stereocenters. The number of hydrogen-bond acceptors (Lipinski definition) is 4. The molecular formula is C18H27ClF2N4O. The number of piperazine rings is 1. The highest BCUT2D eigenvalue weighted by Gasteiger charge is 2.42. The van der Waals surface area contributed by atoms with Crippen molar-refractivity contribution in [1.82, 2.24) is 10.2 Å². The number of hydrogen-bond donors (Lipinski definition) is 2. The summed E-state index contributed by atoms with van der Waals surface area (Å²) in [4.78, 5) is 16.9. The van der Waals surface area contributed by atoms with Crippen LogP contribution < -0.4 is 15.5 Å². The molecule has 0 aromatic heterocycles. The van der Waals surface area contributed by atoms with E-state index in [0.717, 1.165) is 31.9 Å². The first kappa shape index (κ1) is 20.9. The molecule has 1 amide bonds. The van der Waals surface area contributed by atoms with Crippen molar-refractivity contribution in [1.29, 1.82) is 0 Å². The lowest BCUT2D eigenvalue weighted by Crippen LogP contribution is -2.48. The van der Waals surface area contributed by atoms with Crippen molar-refractivity contribution < 1.29 is 13.6 Å². The third-order valence-corrected chi connectivity index (χ3v) is 4.95. The van der Waals surface area contributed by atoms with Crippen molar-refractivity contribution in [3.8, 4) is 0 Å². The first-order valence-electron chi connectivity index (χ1n) is 8.85. The van der Waals surface area contributed by atoms with Crippen LogP contribution in [0.5, 0.6) is 0 Å². The average molecular weight is 389 g/mol. The zero-order chi connectivity index (χ0) is 18.0. The summed E-state index contributed by atoms with van der Waals surface area (Å²) in [6.45, 7) is 7.85. The second-order valence-electron chi connectivity index (χ2n) is 7.15. The topological polar surface area (TPSA) is 47.6 Å². The second kappa shape index (κ2) is 8.50. The largest absolute Gasteiger partial charge is 0.369 e. The zero-order valence-corrected chi connectivity index (χ0v) is 16.0. The number of halogens is 3. The number of nitrogens with one attached hydrogen (secondary N) is 2. The Kier molecular flexibility index (Phi) is 6.82. The van der Waals surface area contributed by atoms with Gasteiger partial charge in [-0.2, -0.15) is 0 Å². The molecule has 2 fully saturated rings. The maximum Gasteiger partial charge on any atom is 0.262 e. The Morgan fingerprint density at radius 3 is 2.54 bits per heavy atom. The highest BCUT2D eigenvalue weighted by Crippen LogP contribution is 2.26. The van der Waals surface area contributed by atoms with Crippen molar-refractivity contribution in [2.24, 2.45) is 0 Å². The third kappa shape index (κ3) is 5.05. The highest BCUT2D eigenvalue weighted by molar-refractivity contribution is 5.95. The van der Waals surface area contributed by atoms with Gasteiger partial charge in [0.15, 0.2) is 0 Å². The molecule has 3 rings (SSSR count). The van der Waals surface area contributed by atoms with E-state index in [1.54, 1.807) is 6.07 Å². The number of anilines is 2. The van der Waals surface area contributed by atoms with Gasteiger partial charge in [0, 0.05) is 50.0 Å². The van der Waals surface area contributed by atoms with Crippen LogP contribution in [0.15, 0.2) is 24.3 Å². The van der Waals surface area contributed by atoms with E-state index in [0.29, 0.717) is 11.7 Å². The number of alkyl halides is 2. The smallest absolute Gasteiger partial charge is 0.262 e. The standard InChI is InChI=1S/C18H26F2N4O.ClH/c1-13(2)23-6-8-24(9-7-23)15-5-3-4-14(10-15)22-17(25)16-11-18(19,20)12-21-16;/h3-5,10,13,16,21H,6-9,11-12H2,1-2H3,(H,22,25);1H. The quantitative estimate of drug-likeness (QED) is 0.832. The van der Waals surface area contributed by atoms with Crippen LogP contribution in [-0.4, -0.2) is 61.5 Å². The first-order valence-corrected chi connectivity index (χ1v) is 8.85. The van der Waals surface area contributed by atoms with Gasteiger partial charge in [0.1, 0.15) is 0 Å². The summed E-state index contributed by atoms with van der Waals surface area (Å²) in [6.07, 6.45) is -0.449. The predicted molar refractivity (Wildman–Crippen MR) is 103 cm³/mol. The van der Waals surface area contributed by atoms with Crippen LogP contribution in [0.25, 0.3) is 0 Å². The maximum atomic E-state index is 13.2. The molecule has 0 spiro atoms. The first-order chi connectivity index (χ1) is 11.8. The molecule has 0 saturated carbocycles. The zero-order valence-electron chi connectivity index (χ0n) is 15.2. The molecule has 8 heteroatoms. The van der Waals surface area contributed by atoms with E-state index in [1.165, 1.54) is 0 Å². The van der Waals surface area contributed by atoms with E-state index in [-0.39, 0.29) is 12.4 Å². The predicted octanol–water partition coefficient (Wildman–Crippen LogP) is 2.57. The fourth-order valence-corrected chi connectivity index (χ4v) is 3.41. The number of carbonyl (C=O) groups excluding carboxylic acids is 1. The summed E-state index contributed by atoms with van der Waals surface area (Å²) < 4.78 is 26.5. The number of rotatable bonds is 4. The monoisotopic (exact) mass is 388 g/mol. The Balaban J connectivity index is 0.00000243. The Labute approximate surface area is 159 Å². The summed E-state index contributed by atoms with van der Waals surface area (Å²) >= 11 is 0. The minimum atomic E-state index is -2.81. The average Bonchev–Trinajstić information content (AvgIpc) is 2.95. The van der Waals surface area contributed by atoms with Gasteiger partial charge in [0.25, 0.3) is 5.92 Å². The van der Waals surface area contributed by atoms with Gasteiger partial charge in [-0.25, -0.2) is 8.78 Å². The van der Waals surface area contributed by atoms with Crippen molar-refractivity contribution in [2.45, 2.75) is 38.3 Å². The lowest BCUT2D eigenvalue weighted by molar-refractivity contribution is -0.118. The molecule has 1 aromatic rings. The van der Waals surface area contributed by atoms with E-state index in [4.69, 9.17) is 0 Å². The Bertz CT molecular complexity index is 621. The van der Waals surface area contributed by atoms with Crippen molar-refractivity contribution in [2.75, 3.05) is 42.9 Å². The summed E-state index contributed by atoms with van der Waals surface area (Å²) in [7, 11) is 0. The van der Waals surface area contributed by atoms with Crippen LogP contribution in [0.2, 0.25) is 0 Å². The molecule has 0 radical (unpaired) electrons. The van der Waals surface area contributed by atoms with Gasteiger partial charge >= 0.3 is 0 Å². The summed E-state index contributed by atoms with van der Waals surface area (Å²) in [5.74, 6) is -3.21. The van der Waals surface area contributed by atoms with Crippen LogP contribution in [0, 0.1) is 0 Å². The number of nitrogens with zero attached hydrogens (tertiary/aromatic N) is 2. The number of carbonyl (C=O) groups is 1. The third-order valence-electron chi connectivity index (χ3n) is 4.95. The molecule has 1 aromatic carbocycles. The van der Waals surface area contributed by atoms with Crippen molar-refractivity contribution in [3.63, 3.8) is 0 Å². The van der Waals surface area contributed by atoms with Gasteiger partial charge in [-0.15, -0.1) is 12.4 Å². The number of amides is 1.